The van der Waals surface area contributed by atoms with Gasteiger partial charge in [-0.05, 0) is 18.4 Å². The fraction of sp³-hybridized carbons (Fsp3) is 0.308. The van der Waals surface area contributed by atoms with Gasteiger partial charge in [0.2, 0.25) is 0 Å². The van der Waals surface area contributed by atoms with Crippen molar-refractivity contribution in [3.05, 3.63) is 48.2 Å². The summed E-state index contributed by atoms with van der Waals surface area (Å²) >= 11 is 0. The van der Waals surface area contributed by atoms with Crippen molar-refractivity contribution in [2.24, 2.45) is 0 Å². The van der Waals surface area contributed by atoms with Gasteiger partial charge in [-0.3, -0.25) is 4.79 Å². The number of benzene rings is 1. The van der Waals surface area contributed by atoms with Gasteiger partial charge in [0.25, 0.3) is 0 Å². The van der Waals surface area contributed by atoms with Gasteiger partial charge in [-0.15, -0.1) is 0 Å². The van der Waals surface area contributed by atoms with Gasteiger partial charge >= 0.3 is 0 Å². The Bertz CT molecular complexity index is 354. The van der Waals surface area contributed by atoms with Gasteiger partial charge in [0.15, 0.2) is 5.78 Å². The molecule has 0 aromatic heterocycles. The van der Waals surface area contributed by atoms with Gasteiger partial charge in [-0.25, -0.2) is 0 Å². The minimum absolute atomic E-state index is 0.0581. The summed E-state index contributed by atoms with van der Waals surface area (Å²) in [6, 6.07) is 10.3. The van der Waals surface area contributed by atoms with Crippen molar-refractivity contribution in [2.45, 2.75) is 25.4 Å². The zero-order valence-corrected chi connectivity index (χ0v) is 8.56. The van der Waals surface area contributed by atoms with Crippen LogP contribution in [0.4, 0.5) is 0 Å². The molecule has 1 aromatic rings. The molecule has 0 saturated carbocycles. The Hall–Kier alpha value is -1.57. The number of rotatable bonds is 3. The Morgan fingerprint density at radius 3 is 2.80 bits per heavy atom. The van der Waals surface area contributed by atoms with Crippen LogP contribution in [0.15, 0.2) is 42.7 Å². The van der Waals surface area contributed by atoms with Gasteiger partial charge in [-0.1, -0.05) is 30.3 Å². The zero-order chi connectivity index (χ0) is 10.5. The second kappa shape index (κ2) is 4.78. The fourth-order valence-corrected chi connectivity index (χ4v) is 1.71. The molecule has 2 heteroatoms. The van der Waals surface area contributed by atoms with Gasteiger partial charge in [0, 0.05) is 12.5 Å². The maximum Gasteiger partial charge on any atom is 0.162 e. The maximum atomic E-state index is 11.1. The molecule has 0 radical (unpaired) electrons. The molecule has 1 aliphatic heterocycles. The maximum absolute atomic E-state index is 11.1. The SMILES string of the molecule is O=C1C=COC(CCc2ccccc2)C1. The number of ketones is 1. The van der Waals surface area contributed by atoms with Crippen LogP contribution in [0.25, 0.3) is 0 Å². The number of carbonyl (C=O) groups excluding carboxylic acids is 1. The van der Waals surface area contributed by atoms with Crippen LogP contribution in [-0.2, 0) is 16.0 Å². The molecule has 0 fully saturated rings. The molecule has 0 aliphatic carbocycles. The number of allylic oxidation sites excluding steroid dienone is 1. The van der Waals surface area contributed by atoms with Crippen LogP contribution in [0, 0.1) is 0 Å². The number of hydrogen-bond donors (Lipinski definition) is 0. The van der Waals surface area contributed by atoms with E-state index in [1.807, 2.05) is 18.2 Å². The van der Waals surface area contributed by atoms with Gasteiger partial charge in [0.05, 0.1) is 6.26 Å². The third kappa shape index (κ3) is 2.94. The molecular weight excluding hydrogens is 188 g/mol. The van der Waals surface area contributed by atoms with E-state index in [0.717, 1.165) is 12.8 Å². The average molecular weight is 202 g/mol. The molecule has 1 aromatic carbocycles. The highest BCUT2D eigenvalue weighted by molar-refractivity contribution is 5.90. The first-order chi connectivity index (χ1) is 7.34. The second-order valence-electron chi connectivity index (χ2n) is 3.76. The lowest BCUT2D eigenvalue weighted by Gasteiger charge is -2.18. The summed E-state index contributed by atoms with van der Waals surface area (Å²) in [4.78, 5) is 11.1. The number of carbonyl (C=O) groups is 1. The summed E-state index contributed by atoms with van der Waals surface area (Å²) < 4.78 is 5.37. The van der Waals surface area contributed by atoms with Crippen molar-refractivity contribution in [1.29, 1.82) is 0 Å². The molecule has 0 amide bonds. The quantitative estimate of drug-likeness (QED) is 0.752. The summed E-state index contributed by atoms with van der Waals surface area (Å²) in [6.07, 6.45) is 5.46. The summed E-state index contributed by atoms with van der Waals surface area (Å²) in [6.45, 7) is 0. The third-order valence-electron chi connectivity index (χ3n) is 2.55. The van der Waals surface area contributed by atoms with Crippen molar-refractivity contribution in [1.82, 2.24) is 0 Å². The van der Waals surface area contributed by atoms with Crippen molar-refractivity contribution in [2.75, 3.05) is 0 Å². The van der Waals surface area contributed by atoms with E-state index in [4.69, 9.17) is 4.74 Å². The van der Waals surface area contributed by atoms with E-state index < -0.39 is 0 Å². The topological polar surface area (TPSA) is 26.3 Å². The lowest BCUT2D eigenvalue weighted by molar-refractivity contribution is -0.118. The molecule has 0 bridgehead atoms. The summed E-state index contributed by atoms with van der Waals surface area (Å²) in [7, 11) is 0. The highest BCUT2D eigenvalue weighted by Gasteiger charge is 2.15. The molecule has 15 heavy (non-hydrogen) atoms. The lowest BCUT2D eigenvalue weighted by atomic mass is 10.0. The molecule has 2 rings (SSSR count). The van der Waals surface area contributed by atoms with Crippen LogP contribution < -0.4 is 0 Å². The Morgan fingerprint density at radius 2 is 2.07 bits per heavy atom. The van der Waals surface area contributed by atoms with E-state index >= 15 is 0 Å². The Morgan fingerprint density at radius 1 is 1.27 bits per heavy atom. The van der Waals surface area contributed by atoms with E-state index in [-0.39, 0.29) is 11.9 Å². The first kappa shape index (κ1) is 9.97. The molecule has 1 unspecified atom stereocenters. The molecule has 0 N–H and O–H groups in total. The van der Waals surface area contributed by atoms with Gasteiger partial charge < -0.3 is 4.74 Å². The third-order valence-corrected chi connectivity index (χ3v) is 2.55. The summed E-state index contributed by atoms with van der Waals surface area (Å²) in [5, 5.41) is 0. The Labute approximate surface area is 89.6 Å². The molecule has 78 valence electrons. The summed E-state index contributed by atoms with van der Waals surface area (Å²) in [5.74, 6) is 0.166. The summed E-state index contributed by atoms with van der Waals surface area (Å²) in [5.41, 5.74) is 1.29. The predicted octanol–water partition coefficient (Wildman–Crippen LogP) is 2.49. The smallest absolute Gasteiger partial charge is 0.162 e. The standard InChI is InChI=1S/C13H14O2/c14-12-8-9-15-13(10-12)7-6-11-4-2-1-3-5-11/h1-5,8-9,13H,6-7,10H2. The van der Waals surface area contributed by atoms with Crippen molar-refractivity contribution in [3.63, 3.8) is 0 Å². The first-order valence-corrected chi connectivity index (χ1v) is 5.23. The molecule has 0 saturated heterocycles. The van der Waals surface area contributed by atoms with Crippen LogP contribution in [0.1, 0.15) is 18.4 Å². The highest BCUT2D eigenvalue weighted by Crippen LogP contribution is 2.14. The van der Waals surface area contributed by atoms with E-state index in [2.05, 4.69) is 12.1 Å². The minimum atomic E-state index is 0.0581. The molecule has 0 spiro atoms. The number of ether oxygens (including phenoxy) is 1. The van der Waals surface area contributed by atoms with Crippen LogP contribution in [0.5, 0.6) is 0 Å². The Balaban J connectivity index is 1.84. The van der Waals surface area contributed by atoms with Crippen molar-refractivity contribution < 1.29 is 9.53 Å². The molecule has 1 heterocycles. The van der Waals surface area contributed by atoms with E-state index in [0.29, 0.717) is 6.42 Å². The lowest BCUT2D eigenvalue weighted by Crippen LogP contribution is -2.19. The second-order valence-corrected chi connectivity index (χ2v) is 3.76. The van der Waals surface area contributed by atoms with Crippen LogP contribution >= 0.6 is 0 Å². The van der Waals surface area contributed by atoms with Crippen LogP contribution in [-0.4, -0.2) is 11.9 Å². The first-order valence-electron chi connectivity index (χ1n) is 5.23. The fourth-order valence-electron chi connectivity index (χ4n) is 1.71. The van der Waals surface area contributed by atoms with E-state index in [9.17, 15) is 4.79 Å². The number of aryl methyl sites for hydroxylation is 1. The monoisotopic (exact) mass is 202 g/mol. The van der Waals surface area contributed by atoms with Crippen molar-refractivity contribution in [3.8, 4) is 0 Å². The largest absolute Gasteiger partial charge is 0.497 e. The molecule has 1 aliphatic rings. The van der Waals surface area contributed by atoms with E-state index in [1.165, 1.54) is 17.9 Å². The zero-order valence-electron chi connectivity index (χ0n) is 8.56. The van der Waals surface area contributed by atoms with Gasteiger partial charge in [-0.2, -0.15) is 0 Å². The van der Waals surface area contributed by atoms with Crippen LogP contribution in [0.3, 0.4) is 0 Å². The Kier molecular flexibility index (Phi) is 3.18. The predicted molar refractivity (Wildman–Crippen MR) is 58.4 cm³/mol. The van der Waals surface area contributed by atoms with E-state index in [1.54, 1.807) is 0 Å². The molecule has 1 atom stereocenters. The van der Waals surface area contributed by atoms with Crippen molar-refractivity contribution >= 4 is 5.78 Å². The highest BCUT2D eigenvalue weighted by atomic mass is 16.5. The minimum Gasteiger partial charge on any atom is -0.497 e. The van der Waals surface area contributed by atoms with Gasteiger partial charge in [0.1, 0.15) is 6.10 Å². The molecular formula is C13H14O2. The number of hydrogen-bond acceptors (Lipinski definition) is 2. The average Bonchev–Trinajstić information content (AvgIpc) is 2.28. The normalized spacial score (nSPS) is 20.0. The molecule has 2 nitrogen and oxygen atoms in total. The van der Waals surface area contributed by atoms with Crippen LogP contribution in [0.2, 0.25) is 0 Å².